The third-order valence-corrected chi connectivity index (χ3v) is 4.85. The van der Waals surface area contributed by atoms with Crippen LogP contribution in [-0.2, 0) is 16.4 Å². The minimum absolute atomic E-state index is 0.136. The van der Waals surface area contributed by atoms with Crippen LogP contribution in [0.4, 0.5) is 11.4 Å². The molecule has 0 aliphatic carbocycles. The number of nitriles is 1. The summed E-state index contributed by atoms with van der Waals surface area (Å²) in [6.07, 6.45) is 0.249. The number of hydrogen-bond acceptors (Lipinski definition) is 4. The van der Waals surface area contributed by atoms with Crippen LogP contribution in [0.15, 0.2) is 51.8 Å². The Morgan fingerprint density at radius 2 is 1.86 bits per heavy atom. The Hall–Kier alpha value is -2.04. The van der Waals surface area contributed by atoms with E-state index in [0.29, 0.717) is 15.8 Å². The molecule has 3 N–H and O–H groups in total. The lowest BCUT2D eigenvalue weighted by atomic mass is 10.2. The van der Waals surface area contributed by atoms with Crippen LogP contribution in [0.5, 0.6) is 0 Å². The summed E-state index contributed by atoms with van der Waals surface area (Å²) in [5.74, 6) is 0. The third-order valence-electron chi connectivity index (χ3n) is 2.77. The van der Waals surface area contributed by atoms with Gasteiger partial charge in [-0.3, -0.25) is 4.72 Å². The Morgan fingerprint density at radius 3 is 2.43 bits per heavy atom. The molecule has 2 aromatic carbocycles. The van der Waals surface area contributed by atoms with E-state index in [1.807, 2.05) is 6.07 Å². The molecule has 0 fully saturated rings. The van der Waals surface area contributed by atoms with Crippen LogP contribution in [0.1, 0.15) is 5.56 Å². The van der Waals surface area contributed by atoms with E-state index in [2.05, 4.69) is 20.7 Å². The molecule has 5 nitrogen and oxygen atoms in total. The van der Waals surface area contributed by atoms with Crippen LogP contribution in [-0.4, -0.2) is 8.42 Å². The normalized spacial score (nSPS) is 10.9. The van der Waals surface area contributed by atoms with Gasteiger partial charge in [0.25, 0.3) is 10.0 Å². The SMILES string of the molecule is N#CCc1ccc(S(=O)(=O)Nc2ccc(N)c(Br)c2)cc1. The quantitative estimate of drug-likeness (QED) is 0.814. The first-order valence-corrected chi connectivity index (χ1v) is 8.24. The maximum absolute atomic E-state index is 12.2. The maximum Gasteiger partial charge on any atom is 0.261 e. The summed E-state index contributed by atoms with van der Waals surface area (Å²) >= 11 is 3.25. The zero-order valence-electron chi connectivity index (χ0n) is 10.9. The summed E-state index contributed by atoms with van der Waals surface area (Å²) < 4.78 is 27.6. The highest BCUT2D eigenvalue weighted by Gasteiger charge is 2.14. The smallest absolute Gasteiger partial charge is 0.261 e. The first-order chi connectivity index (χ1) is 9.92. The van der Waals surface area contributed by atoms with E-state index in [4.69, 9.17) is 11.0 Å². The zero-order valence-corrected chi connectivity index (χ0v) is 13.3. The molecule has 2 aromatic rings. The average molecular weight is 366 g/mol. The number of nitrogens with two attached hydrogens (primary N) is 1. The van der Waals surface area contributed by atoms with E-state index in [1.54, 1.807) is 30.3 Å². The van der Waals surface area contributed by atoms with E-state index < -0.39 is 10.0 Å². The highest BCUT2D eigenvalue weighted by Crippen LogP contribution is 2.25. The number of nitrogens with zero attached hydrogens (tertiary/aromatic N) is 1. The molecule has 21 heavy (non-hydrogen) atoms. The van der Waals surface area contributed by atoms with Gasteiger partial charge >= 0.3 is 0 Å². The number of benzene rings is 2. The number of nitrogens with one attached hydrogen (secondary N) is 1. The van der Waals surface area contributed by atoms with Gasteiger partial charge in [0, 0.05) is 10.2 Å². The van der Waals surface area contributed by atoms with Crippen molar-refractivity contribution in [3.8, 4) is 6.07 Å². The van der Waals surface area contributed by atoms with E-state index >= 15 is 0 Å². The summed E-state index contributed by atoms with van der Waals surface area (Å²) in [7, 11) is -3.67. The van der Waals surface area contributed by atoms with Gasteiger partial charge in [-0.2, -0.15) is 5.26 Å². The Labute approximate surface area is 131 Å². The van der Waals surface area contributed by atoms with E-state index in [9.17, 15) is 8.42 Å². The van der Waals surface area contributed by atoms with Crippen molar-refractivity contribution in [1.29, 1.82) is 5.26 Å². The fraction of sp³-hybridized carbons (Fsp3) is 0.0714. The van der Waals surface area contributed by atoms with E-state index in [1.165, 1.54) is 12.1 Å². The highest BCUT2D eigenvalue weighted by molar-refractivity contribution is 9.10. The zero-order chi connectivity index (χ0) is 15.5. The average Bonchev–Trinajstić information content (AvgIpc) is 2.44. The molecule has 0 aliphatic heterocycles. The van der Waals surface area contributed by atoms with Crippen molar-refractivity contribution in [1.82, 2.24) is 0 Å². The van der Waals surface area contributed by atoms with Crippen LogP contribution in [0, 0.1) is 11.3 Å². The molecule has 0 aromatic heterocycles. The van der Waals surface area contributed by atoms with Gasteiger partial charge in [0.1, 0.15) is 0 Å². The first kappa shape index (κ1) is 15.4. The summed E-state index contributed by atoms with van der Waals surface area (Å²) in [4.78, 5) is 0.136. The Kier molecular flexibility index (Phi) is 4.50. The lowest BCUT2D eigenvalue weighted by molar-refractivity contribution is 0.601. The second kappa shape index (κ2) is 6.16. The monoisotopic (exact) mass is 365 g/mol. The summed E-state index contributed by atoms with van der Waals surface area (Å²) in [5, 5.41) is 8.60. The predicted octanol–water partition coefficient (Wildman–Crippen LogP) is 2.90. The number of hydrogen-bond donors (Lipinski definition) is 2. The first-order valence-electron chi connectivity index (χ1n) is 5.96. The number of sulfonamides is 1. The van der Waals surface area contributed by atoms with Crippen molar-refractivity contribution in [3.63, 3.8) is 0 Å². The molecule has 0 aliphatic rings. The fourth-order valence-electron chi connectivity index (χ4n) is 1.68. The van der Waals surface area contributed by atoms with Gasteiger partial charge in [0.05, 0.1) is 23.1 Å². The molecule has 0 amide bonds. The van der Waals surface area contributed by atoms with Crippen molar-refractivity contribution >= 4 is 37.3 Å². The predicted molar refractivity (Wildman–Crippen MR) is 85.1 cm³/mol. The van der Waals surface area contributed by atoms with Crippen LogP contribution >= 0.6 is 15.9 Å². The van der Waals surface area contributed by atoms with E-state index in [0.717, 1.165) is 5.56 Å². The summed E-state index contributed by atoms with van der Waals surface area (Å²) in [6.45, 7) is 0. The second-order valence-electron chi connectivity index (χ2n) is 4.32. The molecule has 7 heteroatoms. The van der Waals surface area contributed by atoms with Crippen LogP contribution in [0.25, 0.3) is 0 Å². The number of halogens is 1. The van der Waals surface area contributed by atoms with Crippen LogP contribution in [0.2, 0.25) is 0 Å². The molecule has 0 spiro atoms. The molecular formula is C14H12BrN3O2S. The number of rotatable bonds is 4. The molecule has 0 atom stereocenters. The molecule has 0 unspecified atom stereocenters. The second-order valence-corrected chi connectivity index (χ2v) is 6.86. The van der Waals surface area contributed by atoms with Crippen molar-refractivity contribution in [2.24, 2.45) is 0 Å². The maximum atomic E-state index is 12.2. The largest absolute Gasteiger partial charge is 0.398 e. The van der Waals surface area contributed by atoms with Crippen molar-refractivity contribution in [2.75, 3.05) is 10.5 Å². The van der Waals surface area contributed by atoms with Crippen molar-refractivity contribution in [3.05, 3.63) is 52.5 Å². The van der Waals surface area contributed by atoms with Gasteiger partial charge in [-0.05, 0) is 51.8 Å². The summed E-state index contributed by atoms with van der Waals surface area (Å²) in [6, 6.07) is 13.0. The van der Waals surface area contributed by atoms with E-state index in [-0.39, 0.29) is 11.3 Å². The van der Waals surface area contributed by atoms with Crippen molar-refractivity contribution < 1.29 is 8.42 Å². The molecule has 2 rings (SSSR count). The van der Waals surface area contributed by atoms with Crippen LogP contribution in [0.3, 0.4) is 0 Å². The van der Waals surface area contributed by atoms with Crippen LogP contribution < -0.4 is 10.5 Å². The van der Waals surface area contributed by atoms with Gasteiger partial charge in [0.2, 0.25) is 0 Å². The van der Waals surface area contributed by atoms with Gasteiger partial charge in [-0.1, -0.05) is 12.1 Å². The summed E-state index contributed by atoms with van der Waals surface area (Å²) in [5.41, 5.74) is 7.37. The standard InChI is InChI=1S/C14H12BrN3O2S/c15-13-9-11(3-6-14(13)17)18-21(19,20)12-4-1-10(2-5-12)7-8-16/h1-6,9,18H,7,17H2. The van der Waals surface area contributed by atoms with Gasteiger partial charge in [-0.15, -0.1) is 0 Å². The number of anilines is 2. The molecule has 0 radical (unpaired) electrons. The molecule has 0 saturated heterocycles. The molecule has 0 saturated carbocycles. The molecule has 0 heterocycles. The third kappa shape index (κ3) is 3.74. The Bertz CT molecular complexity index is 796. The fourth-order valence-corrected chi connectivity index (χ4v) is 3.11. The van der Waals surface area contributed by atoms with Gasteiger partial charge in [0.15, 0.2) is 0 Å². The Morgan fingerprint density at radius 1 is 1.19 bits per heavy atom. The Balaban J connectivity index is 2.25. The number of nitrogen functional groups attached to an aromatic ring is 1. The lowest BCUT2D eigenvalue weighted by Gasteiger charge is -2.09. The minimum atomic E-state index is -3.67. The lowest BCUT2D eigenvalue weighted by Crippen LogP contribution is -2.13. The molecule has 108 valence electrons. The highest BCUT2D eigenvalue weighted by atomic mass is 79.9. The van der Waals surface area contributed by atoms with Crippen molar-refractivity contribution in [2.45, 2.75) is 11.3 Å². The topological polar surface area (TPSA) is 96.0 Å². The molecule has 0 bridgehead atoms. The minimum Gasteiger partial charge on any atom is -0.398 e. The van der Waals surface area contributed by atoms with Gasteiger partial charge in [-0.25, -0.2) is 8.42 Å². The van der Waals surface area contributed by atoms with Gasteiger partial charge < -0.3 is 5.73 Å². The molecular weight excluding hydrogens is 354 g/mol.